The van der Waals surface area contributed by atoms with Gasteiger partial charge in [-0.15, -0.1) is 5.11 Å². The van der Waals surface area contributed by atoms with Crippen molar-refractivity contribution < 1.29 is 0 Å². The smallest absolute Gasteiger partial charge is 0.146 e. The summed E-state index contributed by atoms with van der Waals surface area (Å²) in [5, 5.41) is 10.1. The van der Waals surface area contributed by atoms with Crippen molar-refractivity contribution >= 4 is 0 Å². The molecular weight excluding hydrogens is 164 g/mol. The molecule has 1 rings (SSSR count). The van der Waals surface area contributed by atoms with Crippen LogP contribution in [-0.4, -0.2) is 16.8 Å². The zero-order valence-electron chi connectivity index (χ0n) is 9.42. The fourth-order valence-corrected chi connectivity index (χ4v) is 0.965. The molecule has 0 fully saturated rings. The molecule has 0 aromatic heterocycles. The highest BCUT2D eigenvalue weighted by Crippen LogP contribution is 2.26. The van der Waals surface area contributed by atoms with E-state index in [1.807, 2.05) is 5.12 Å². The minimum atomic E-state index is -0.0104. The summed E-state index contributed by atoms with van der Waals surface area (Å²) in [7, 11) is 0. The van der Waals surface area contributed by atoms with Crippen molar-refractivity contribution in [3.05, 3.63) is 0 Å². The number of nitrogens with one attached hydrogen (secondary N) is 1. The average molecular weight is 184 g/mol. The van der Waals surface area contributed by atoms with Gasteiger partial charge in [-0.05, 0) is 20.8 Å². The van der Waals surface area contributed by atoms with Gasteiger partial charge in [0, 0.05) is 5.41 Å². The second-order valence-electron chi connectivity index (χ2n) is 5.59. The molecular formula is C9H20N4. The Hall–Kier alpha value is -0.640. The van der Waals surface area contributed by atoms with Crippen molar-refractivity contribution in [3.8, 4) is 0 Å². The van der Waals surface area contributed by atoms with Gasteiger partial charge in [0.2, 0.25) is 0 Å². The molecule has 0 aliphatic carbocycles. The first kappa shape index (κ1) is 10.4. The highest BCUT2D eigenvalue weighted by atomic mass is 15.8. The Balaban J connectivity index is 2.63. The molecule has 1 aliphatic heterocycles. The molecule has 0 saturated heterocycles. The Bertz CT molecular complexity index is 187. The van der Waals surface area contributed by atoms with Gasteiger partial charge in [0.25, 0.3) is 0 Å². The average Bonchev–Trinajstić information content (AvgIpc) is 2.28. The van der Waals surface area contributed by atoms with Crippen LogP contribution >= 0.6 is 0 Å². The van der Waals surface area contributed by atoms with Crippen LogP contribution in [0.15, 0.2) is 10.3 Å². The van der Waals surface area contributed by atoms with E-state index in [-0.39, 0.29) is 17.1 Å². The lowest BCUT2D eigenvalue weighted by Gasteiger charge is -2.31. The largest absolute Gasteiger partial charge is 0.204 e. The Morgan fingerprint density at radius 3 is 1.85 bits per heavy atom. The van der Waals surface area contributed by atoms with E-state index in [1.165, 1.54) is 0 Å². The van der Waals surface area contributed by atoms with Gasteiger partial charge >= 0.3 is 0 Å². The van der Waals surface area contributed by atoms with Crippen molar-refractivity contribution in [3.63, 3.8) is 0 Å². The third kappa shape index (κ3) is 2.40. The zero-order valence-corrected chi connectivity index (χ0v) is 9.42. The standard InChI is InChI=1S/C9H20N4/c1-8(2,3)7-10-12-13(11-7)9(4,5)6/h7,11H,1-6H3. The van der Waals surface area contributed by atoms with Gasteiger partial charge in [0.05, 0.1) is 5.54 Å². The summed E-state index contributed by atoms with van der Waals surface area (Å²) in [5.74, 6) is 0. The van der Waals surface area contributed by atoms with Crippen LogP contribution in [0.2, 0.25) is 0 Å². The highest BCUT2D eigenvalue weighted by molar-refractivity contribution is 4.82. The van der Waals surface area contributed by atoms with Crippen LogP contribution in [-0.2, 0) is 0 Å². The van der Waals surface area contributed by atoms with E-state index < -0.39 is 0 Å². The number of nitrogens with zero attached hydrogens (tertiary/aromatic N) is 3. The quantitative estimate of drug-likeness (QED) is 0.627. The van der Waals surface area contributed by atoms with Gasteiger partial charge in [-0.25, -0.2) is 5.12 Å². The normalized spacial score (nSPS) is 24.2. The summed E-state index contributed by atoms with van der Waals surface area (Å²) < 4.78 is 0. The second-order valence-corrected chi connectivity index (χ2v) is 5.59. The van der Waals surface area contributed by atoms with Crippen molar-refractivity contribution in [2.24, 2.45) is 15.8 Å². The molecule has 76 valence electrons. The van der Waals surface area contributed by atoms with E-state index in [0.717, 1.165) is 0 Å². The first-order chi connectivity index (χ1) is 5.71. The zero-order chi connectivity index (χ0) is 10.3. The van der Waals surface area contributed by atoms with E-state index >= 15 is 0 Å². The lowest BCUT2D eigenvalue weighted by Crippen LogP contribution is -2.49. The first-order valence-electron chi connectivity index (χ1n) is 4.68. The monoisotopic (exact) mass is 184 g/mol. The van der Waals surface area contributed by atoms with Crippen LogP contribution in [0.3, 0.4) is 0 Å². The lowest BCUT2D eigenvalue weighted by molar-refractivity contribution is 0.0683. The predicted molar refractivity (Wildman–Crippen MR) is 52.8 cm³/mol. The van der Waals surface area contributed by atoms with Crippen molar-refractivity contribution in [2.45, 2.75) is 53.2 Å². The van der Waals surface area contributed by atoms with E-state index in [0.29, 0.717) is 0 Å². The van der Waals surface area contributed by atoms with Crippen LogP contribution in [0, 0.1) is 5.41 Å². The Kier molecular flexibility index (Phi) is 2.36. The summed E-state index contributed by atoms with van der Waals surface area (Å²) in [5.41, 5.74) is 3.38. The molecule has 0 saturated carbocycles. The summed E-state index contributed by atoms with van der Waals surface area (Å²) in [6.45, 7) is 12.7. The SMILES string of the molecule is CC(C)(C)C1N=NN(C(C)(C)C)N1. The Morgan fingerprint density at radius 1 is 1.08 bits per heavy atom. The second kappa shape index (κ2) is 2.94. The number of hydrogen-bond donors (Lipinski definition) is 1. The van der Waals surface area contributed by atoms with E-state index in [9.17, 15) is 0 Å². The van der Waals surface area contributed by atoms with Gasteiger partial charge in [-0.1, -0.05) is 26.0 Å². The van der Waals surface area contributed by atoms with Gasteiger partial charge < -0.3 is 0 Å². The minimum Gasteiger partial charge on any atom is -0.204 e. The molecule has 4 heteroatoms. The van der Waals surface area contributed by atoms with Crippen molar-refractivity contribution in [1.29, 1.82) is 0 Å². The molecule has 0 radical (unpaired) electrons. The molecule has 0 bridgehead atoms. The topological polar surface area (TPSA) is 40.0 Å². The van der Waals surface area contributed by atoms with Gasteiger partial charge in [-0.3, -0.25) is 0 Å². The van der Waals surface area contributed by atoms with E-state index in [4.69, 9.17) is 0 Å². The third-order valence-electron chi connectivity index (χ3n) is 1.96. The maximum Gasteiger partial charge on any atom is 0.146 e. The van der Waals surface area contributed by atoms with Crippen LogP contribution in [0.25, 0.3) is 0 Å². The number of hydrogen-bond acceptors (Lipinski definition) is 4. The van der Waals surface area contributed by atoms with E-state index in [2.05, 4.69) is 57.3 Å². The number of hydrazine groups is 1. The third-order valence-corrected chi connectivity index (χ3v) is 1.96. The summed E-state index contributed by atoms with van der Waals surface area (Å²) >= 11 is 0. The summed E-state index contributed by atoms with van der Waals surface area (Å²) in [4.78, 5) is 0. The fraction of sp³-hybridized carbons (Fsp3) is 1.00. The van der Waals surface area contributed by atoms with Crippen LogP contribution in [0.4, 0.5) is 0 Å². The van der Waals surface area contributed by atoms with Crippen molar-refractivity contribution in [2.75, 3.05) is 0 Å². The molecule has 1 atom stereocenters. The van der Waals surface area contributed by atoms with Gasteiger partial charge in [0.15, 0.2) is 0 Å². The molecule has 0 amide bonds. The maximum atomic E-state index is 4.19. The molecule has 13 heavy (non-hydrogen) atoms. The molecule has 1 N–H and O–H groups in total. The van der Waals surface area contributed by atoms with Gasteiger partial charge in [0.1, 0.15) is 6.17 Å². The summed E-state index contributed by atoms with van der Waals surface area (Å²) in [6.07, 6.45) is 0.0896. The lowest BCUT2D eigenvalue weighted by atomic mass is 9.93. The number of rotatable bonds is 0. The van der Waals surface area contributed by atoms with Crippen molar-refractivity contribution in [1.82, 2.24) is 10.5 Å². The Labute approximate surface area is 80.3 Å². The molecule has 1 unspecified atom stereocenters. The van der Waals surface area contributed by atoms with Crippen LogP contribution < -0.4 is 5.43 Å². The highest BCUT2D eigenvalue weighted by Gasteiger charge is 2.34. The maximum absolute atomic E-state index is 4.19. The first-order valence-corrected chi connectivity index (χ1v) is 4.68. The molecule has 4 nitrogen and oxygen atoms in total. The van der Waals surface area contributed by atoms with Crippen LogP contribution in [0.1, 0.15) is 41.5 Å². The van der Waals surface area contributed by atoms with Crippen LogP contribution in [0.5, 0.6) is 0 Å². The fourth-order valence-electron chi connectivity index (χ4n) is 0.965. The Morgan fingerprint density at radius 2 is 1.62 bits per heavy atom. The predicted octanol–water partition coefficient (Wildman–Crippen LogP) is 2.34. The minimum absolute atomic E-state index is 0.0104. The van der Waals surface area contributed by atoms with Gasteiger partial charge in [-0.2, -0.15) is 5.43 Å². The molecule has 0 aromatic rings. The molecule has 0 aromatic carbocycles. The van der Waals surface area contributed by atoms with E-state index in [1.54, 1.807) is 0 Å². The molecule has 1 aliphatic rings. The molecule has 1 heterocycles. The summed E-state index contributed by atoms with van der Waals surface area (Å²) in [6, 6.07) is 0. The molecule has 0 spiro atoms.